The zero-order valence-electron chi connectivity index (χ0n) is 7.97. The van der Waals surface area contributed by atoms with Gasteiger partial charge in [0.2, 0.25) is 0 Å². The number of benzene rings is 1. The quantitative estimate of drug-likeness (QED) is 0.568. The first-order valence-corrected chi connectivity index (χ1v) is 5.27. The molecule has 0 saturated carbocycles. The van der Waals surface area contributed by atoms with E-state index in [0.29, 0.717) is 12.0 Å². The van der Waals surface area contributed by atoms with E-state index in [1.165, 1.54) is 0 Å². The lowest BCUT2D eigenvalue weighted by atomic mass is 10.1. The van der Waals surface area contributed by atoms with Crippen molar-refractivity contribution in [3.63, 3.8) is 0 Å². The van der Waals surface area contributed by atoms with Crippen LogP contribution in [0.2, 0.25) is 0 Å². The fraction of sp³-hybridized carbons (Fsp3) is 0.364. The van der Waals surface area contributed by atoms with E-state index in [9.17, 15) is 4.79 Å². The van der Waals surface area contributed by atoms with Gasteiger partial charge in [0.1, 0.15) is 4.33 Å². The second-order valence-electron chi connectivity index (χ2n) is 3.18. The van der Waals surface area contributed by atoms with Gasteiger partial charge in [-0.25, -0.2) is 0 Å². The predicted molar refractivity (Wildman–Crippen MR) is 60.1 cm³/mol. The minimum atomic E-state index is -0.938. The van der Waals surface area contributed by atoms with Crippen molar-refractivity contribution in [3.8, 4) is 0 Å². The van der Waals surface area contributed by atoms with Gasteiger partial charge in [-0.2, -0.15) is 0 Å². The predicted octanol–water partition coefficient (Wildman–Crippen LogP) is 3.84. The molecule has 1 aromatic carbocycles. The monoisotopic (exact) mass is 230 g/mol. The lowest BCUT2D eigenvalue weighted by Crippen LogP contribution is -2.17. The summed E-state index contributed by atoms with van der Waals surface area (Å²) in [5.41, 5.74) is 0.659. The van der Waals surface area contributed by atoms with E-state index >= 15 is 0 Å². The van der Waals surface area contributed by atoms with E-state index < -0.39 is 4.33 Å². The van der Waals surface area contributed by atoms with Crippen LogP contribution in [0.4, 0.5) is 0 Å². The molecule has 1 rings (SSSR count). The molecule has 0 heterocycles. The van der Waals surface area contributed by atoms with Crippen LogP contribution in [0.1, 0.15) is 30.1 Å². The number of ketones is 1. The molecule has 0 bridgehead atoms. The highest BCUT2D eigenvalue weighted by molar-refractivity contribution is 6.49. The highest BCUT2D eigenvalue weighted by Gasteiger charge is 2.25. The van der Waals surface area contributed by atoms with Gasteiger partial charge >= 0.3 is 0 Å². The van der Waals surface area contributed by atoms with Gasteiger partial charge in [-0.3, -0.25) is 4.79 Å². The van der Waals surface area contributed by atoms with Gasteiger partial charge in [0.15, 0.2) is 5.78 Å². The Morgan fingerprint density at radius 1 is 1.29 bits per heavy atom. The van der Waals surface area contributed by atoms with Crippen molar-refractivity contribution in [2.75, 3.05) is 0 Å². The van der Waals surface area contributed by atoms with E-state index in [1.807, 2.05) is 25.1 Å². The lowest BCUT2D eigenvalue weighted by Gasteiger charge is -2.15. The molecule has 1 aromatic rings. The van der Waals surface area contributed by atoms with Crippen molar-refractivity contribution >= 4 is 29.0 Å². The molecule has 0 aliphatic rings. The van der Waals surface area contributed by atoms with Crippen LogP contribution in [-0.4, -0.2) is 10.1 Å². The first-order chi connectivity index (χ1) is 6.55. The number of hydrogen-bond donors (Lipinski definition) is 0. The molecule has 0 saturated heterocycles. The third kappa shape index (κ3) is 3.32. The van der Waals surface area contributed by atoms with Crippen molar-refractivity contribution in [1.29, 1.82) is 0 Å². The molecule has 0 aromatic heterocycles. The molecule has 0 fully saturated rings. The zero-order valence-corrected chi connectivity index (χ0v) is 9.48. The van der Waals surface area contributed by atoms with Crippen LogP contribution >= 0.6 is 23.2 Å². The van der Waals surface area contributed by atoms with Gasteiger partial charge in [0.25, 0.3) is 0 Å². The normalized spacial score (nSPS) is 11.4. The summed E-state index contributed by atoms with van der Waals surface area (Å²) in [6.07, 6.45) is 0.727. The fourth-order valence-corrected chi connectivity index (χ4v) is 1.33. The van der Waals surface area contributed by atoms with E-state index in [0.717, 1.165) is 0 Å². The van der Waals surface area contributed by atoms with Crippen molar-refractivity contribution in [2.24, 2.45) is 0 Å². The summed E-state index contributed by atoms with van der Waals surface area (Å²) in [6.45, 7) is 1.86. The van der Waals surface area contributed by atoms with Crippen LogP contribution in [-0.2, 0) is 0 Å². The minimum absolute atomic E-state index is 0.0162. The Labute approximate surface area is 94.0 Å². The molecule has 1 nitrogen and oxygen atoms in total. The van der Waals surface area contributed by atoms with Gasteiger partial charge in [-0.15, -0.1) is 23.2 Å². The van der Waals surface area contributed by atoms with Crippen molar-refractivity contribution < 1.29 is 4.79 Å². The second kappa shape index (κ2) is 4.81. The Balaban J connectivity index is 2.69. The highest BCUT2D eigenvalue weighted by Crippen LogP contribution is 2.30. The third-order valence-corrected chi connectivity index (χ3v) is 2.83. The van der Waals surface area contributed by atoms with Crippen LogP contribution in [0.25, 0.3) is 0 Å². The molecule has 0 spiro atoms. The Hall–Kier alpha value is -0.530. The maximum atomic E-state index is 11.7. The SMILES string of the molecule is CCC(Cl)(Cl)CC(=O)c1ccccc1. The third-order valence-electron chi connectivity index (χ3n) is 2.03. The van der Waals surface area contributed by atoms with Crippen molar-refractivity contribution in [2.45, 2.75) is 24.1 Å². The molecule has 76 valence electrons. The van der Waals surface area contributed by atoms with Gasteiger partial charge in [-0.05, 0) is 6.42 Å². The molecular formula is C11H12Cl2O. The summed E-state index contributed by atoms with van der Waals surface area (Å²) < 4.78 is -0.938. The molecular weight excluding hydrogens is 219 g/mol. The topological polar surface area (TPSA) is 17.1 Å². The summed E-state index contributed by atoms with van der Waals surface area (Å²) in [4.78, 5) is 11.7. The van der Waals surface area contributed by atoms with Crippen LogP contribution in [0.5, 0.6) is 0 Å². The molecule has 0 amide bonds. The standard InChI is InChI=1S/C11H12Cl2O/c1-2-11(12,13)8-10(14)9-6-4-3-5-7-9/h3-7H,2,8H2,1H3. The molecule has 0 aliphatic carbocycles. The number of carbonyl (C=O) groups is 1. The Kier molecular flexibility index (Phi) is 3.97. The number of hydrogen-bond acceptors (Lipinski definition) is 1. The van der Waals surface area contributed by atoms with Gasteiger partial charge in [0, 0.05) is 12.0 Å². The summed E-state index contributed by atoms with van der Waals surface area (Å²) in [5, 5.41) is 0. The first kappa shape index (κ1) is 11.5. The van der Waals surface area contributed by atoms with E-state index in [4.69, 9.17) is 23.2 Å². The molecule has 0 N–H and O–H groups in total. The first-order valence-electron chi connectivity index (χ1n) is 4.51. The van der Waals surface area contributed by atoms with Gasteiger partial charge in [-0.1, -0.05) is 37.3 Å². The fourth-order valence-electron chi connectivity index (χ4n) is 1.09. The average Bonchev–Trinajstić information content (AvgIpc) is 2.19. The smallest absolute Gasteiger partial charge is 0.165 e. The van der Waals surface area contributed by atoms with E-state index in [1.54, 1.807) is 12.1 Å². The number of halogens is 2. The molecule has 3 heteroatoms. The van der Waals surface area contributed by atoms with E-state index in [2.05, 4.69) is 0 Å². The molecule has 0 unspecified atom stereocenters. The van der Waals surface area contributed by atoms with E-state index in [-0.39, 0.29) is 12.2 Å². The molecule has 0 radical (unpaired) electrons. The average molecular weight is 231 g/mol. The number of carbonyl (C=O) groups excluding carboxylic acids is 1. The number of alkyl halides is 2. The molecule has 14 heavy (non-hydrogen) atoms. The maximum absolute atomic E-state index is 11.7. The summed E-state index contributed by atoms with van der Waals surface area (Å²) in [6, 6.07) is 9.04. The number of Topliss-reactive ketones (excluding diaryl/α,β-unsaturated/α-hetero) is 1. The van der Waals surface area contributed by atoms with Crippen LogP contribution < -0.4 is 0 Å². The summed E-state index contributed by atoms with van der Waals surface area (Å²) in [5.74, 6) is -0.0162. The zero-order chi connectivity index (χ0) is 10.6. The number of rotatable bonds is 4. The van der Waals surface area contributed by atoms with Crippen molar-refractivity contribution in [1.82, 2.24) is 0 Å². The molecule has 0 atom stereocenters. The summed E-state index contributed by atoms with van der Waals surface area (Å²) in [7, 11) is 0. The van der Waals surface area contributed by atoms with Gasteiger partial charge in [0.05, 0.1) is 0 Å². The largest absolute Gasteiger partial charge is 0.294 e. The Bertz CT molecular complexity index is 306. The van der Waals surface area contributed by atoms with Crippen LogP contribution in [0, 0.1) is 0 Å². The van der Waals surface area contributed by atoms with Crippen LogP contribution in [0.3, 0.4) is 0 Å². The second-order valence-corrected chi connectivity index (χ2v) is 4.82. The lowest BCUT2D eigenvalue weighted by molar-refractivity contribution is 0.0977. The Morgan fingerprint density at radius 2 is 1.86 bits per heavy atom. The Morgan fingerprint density at radius 3 is 2.36 bits per heavy atom. The summed E-state index contributed by atoms with van der Waals surface area (Å²) >= 11 is 11.8. The van der Waals surface area contributed by atoms with Crippen molar-refractivity contribution in [3.05, 3.63) is 35.9 Å². The minimum Gasteiger partial charge on any atom is -0.294 e. The maximum Gasteiger partial charge on any atom is 0.165 e. The van der Waals surface area contributed by atoms with Crippen LogP contribution in [0.15, 0.2) is 30.3 Å². The van der Waals surface area contributed by atoms with Gasteiger partial charge < -0.3 is 0 Å². The molecule has 0 aliphatic heterocycles. The highest BCUT2D eigenvalue weighted by atomic mass is 35.5.